The van der Waals surface area contributed by atoms with Crippen LogP contribution in [0.4, 0.5) is 39.3 Å². The minimum absolute atomic E-state index is 0.0307. The van der Waals surface area contributed by atoms with Crippen molar-refractivity contribution in [1.82, 2.24) is 15.0 Å². The monoisotopic (exact) mass is 568 g/mol. The molecule has 2 aromatic carbocycles. The SMILES string of the molecule is COc1cc(-c2cccc(NS(=O)(=O)CCCF)c2F)cc2c(N)nc(-c3cnc(N)cc3C(F)(F)F)nc12. The second-order valence-corrected chi connectivity index (χ2v) is 10.1. The molecule has 0 bridgehead atoms. The van der Waals surface area contributed by atoms with Crippen LogP contribution in [0.2, 0.25) is 0 Å². The van der Waals surface area contributed by atoms with E-state index in [1.165, 1.54) is 37.4 Å². The molecule has 0 atom stereocenters. The van der Waals surface area contributed by atoms with Gasteiger partial charge in [0.15, 0.2) is 11.6 Å². The third kappa shape index (κ3) is 5.77. The fraction of sp³-hybridized carbons (Fsp3) is 0.208. The highest BCUT2D eigenvalue weighted by Crippen LogP contribution is 2.40. The van der Waals surface area contributed by atoms with E-state index in [0.29, 0.717) is 6.07 Å². The van der Waals surface area contributed by atoms with E-state index in [2.05, 4.69) is 19.7 Å². The fourth-order valence-electron chi connectivity index (χ4n) is 3.84. The van der Waals surface area contributed by atoms with Gasteiger partial charge in [0.1, 0.15) is 22.9 Å². The standard InChI is InChI=1S/C24H21F5N6O3S/c1-38-18-9-12(13-4-2-5-17(20(13)26)35-39(36,37)7-3-6-25)8-14-21(18)33-23(34-22(14)31)15-11-32-19(30)10-16(15)24(27,28)29/h2,4-5,8-11,35H,3,6-7H2,1H3,(H2,30,32)(H2,31,33,34). The molecule has 0 amide bonds. The second kappa shape index (κ2) is 10.5. The Hall–Kier alpha value is -4.27. The maximum Gasteiger partial charge on any atom is 0.417 e. The van der Waals surface area contributed by atoms with E-state index in [4.69, 9.17) is 16.2 Å². The van der Waals surface area contributed by atoms with Gasteiger partial charge in [-0.05, 0) is 36.2 Å². The first-order chi connectivity index (χ1) is 18.3. The third-order valence-electron chi connectivity index (χ3n) is 5.61. The van der Waals surface area contributed by atoms with Crippen LogP contribution in [0.5, 0.6) is 5.75 Å². The lowest BCUT2D eigenvalue weighted by Gasteiger charge is -2.15. The molecule has 15 heteroatoms. The van der Waals surface area contributed by atoms with Crippen LogP contribution in [-0.2, 0) is 16.2 Å². The number of benzene rings is 2. The van der Waals surface area contributed by atoms with E-state index in [9.17, 15) is 26.0 Å². The molecule has 0 unspecified atom stereocenters. The summed E-state index contributed by atoms with van der Waals surface area (Å²) >= 11 is 0. The van der Waals surface area contributed by atoms with Gasteiger partial charge in [0.2, 0.25) is 10.0 Å². The smallest absolute Gasteiger partial charge is 0.417 e. The van der Waals surface area contributed by atoms with Crippen molar-refractivity contribution in [3.05, 3.63) is 54.0 Å². The van der Waals surface area contributed by atoms with Gasteiger partial charge in [-0.2, -0.15) is 13.2 Å². The van der Waals surface area contributed by atoms with Gasteiger partial charge in [-0.25, -0.2) is 27.8 Å². The number of nitrogens with two attached hydrogens (primary N) is 2. The predicted molar refractivity (Wildman–Crippen MR) is 137 cm³/mol. The number of nitrogens with one attached hydrogen (secondary N) is 1. The third-order valence-corrected chi connectivity index (χ3v) is 6.97. The van der Waals surface area contributed by atoms with Crippen molar-refractivity contribution < 1.29 is 35.1 Å². The number of sulfonamides is 1. The Balaban J connectivity index is 1.85. The molecule has 5 N–H and O–H groups in total. The van der Waals surface area contributed by atoms with Gasteiger partial charge >= 0.3 is 6.18 Å². The number of halogens is 5. The quantitative estimate of drug-likeness (QED) is 0.257. The Bertz CT molecular complexity index is 1660. The Morgan fingerprint density at radius 2 is 1.82 bits per heavy atom. The van der Waals surface area contributed by atoms with Crippen molar-refractivity contribution >= 4 is 38.2 Å². The maximum absolute atomic E-state index is 15.4. The summed E-state index contributed by atoms with van der Waals surface area (Å²) in [4.78, 5) is 11.9. The lowest BCUT2D eigenvalue weighted by atomic mass is 10.0. The van der Waals surface area contributed by atoms with Crippen molar-refractivity contribution in [2.75, 3.05) is 35.7 Å². The predicted octanol–water partition coefficient (Wildman–Crippen LogP) is 4.79. The van der Waals surface area contributed by atoms with Crippen molar-refractivity contribution in [3.8, 4) is 28.3 Å². The Morgan fingerprint density at radius 1 is 1.08 bits per heavy atom. The molecule has 4 aromatic rings. The number of hydrogen-bond donors (Lipinski definition) is 3. The fourth-order valence-corrected chi connectivity index (χ4v) is 4.92. The topological polar surface area (TPSA) is 146 Å². The molecule has 2 aromatic heterocycles. The van der Waals surface area contributed by atoms with Crippen molar-refractivity contribution in [2.24, 2.45) is 0 Å². The van der Waals surface area contributed by atoms with Crippen molar-refractivity contribution in [1.29, 1.82) is 0 Å². The number of ether oxygens (including phenoxy) is 1. The minimum Gasteiger partial charge on any atom is -0.494 e. The van der Waals surface area contributed by atoms with E-state index in [1.54, 1.807) is 0 Å². The van der Waals surface area contributed by atoms with Gasteiger partial charge in [0, 0.05) is 22.7 Å². The molecule has 2 heterocycles. The summed E-state index contributed by atoms with van der Waals surface area (Å²) in [5, 5.41) is 0.137. The molecule has 9 nitrogen and oxygen atoms in total. The van der Waals surface area contributed by atoms with Crippen LogP contribution in [0.25, 0.3) is 33.4 Å². The minimum atomic E-state index is -4.79. The first-order valence-electron chi connectivity index (χ1n) is 11.2. The zero-order chi connectivity index (χ0) is 28.5. The zero-order valence-corrected chi connectivity index (χ0v) is 21.0. The maximum atomic E-state index is 15.4. The van der Waals surface area contributed by atoms with Crippen LogP contribution in [0.15, 0.2) is 42.6 Å². The summed E-state index contributed by atoms with van der Waals surface area (Å²) in [5.41, 5.74) is 9.78. The van der Waals surface area contributed by atoms with Crippen LogP contribution in [0.1, 0.15) is 12.0 Å². The number of aromatic nitrogens is 3. The molecule has 0 saturated heterocycles. The Labute approximate surface area is 219 Å². The van der Waals surface area contributed by atoms with Gasteiger partial charge in [0.05, 0.1) is 30.8 Å². The summed E-state index contributed by atoms with van der Waals surface area (Å²) in [6, 6.07) is 7.38. The first-order valence-corrected chi connectivity index (χ1v) is 12.8. The lowest BCUT2D eigenvalue weighted by molar-refractivity contribution is -0.137. The highest BCUT2D eigenvalue weighted by atomic mass is 32.2. The molecule has 0 spiro atoms. The molecule has 0 aliphatic heterocycles. The average molecular weight is 569 g/mol. The summed E-state index contributed by atoms with van der Waals surface area (Å²) in [6.07, 6.45) is -4.16. The van der Waals surface area contributed by atoms with Gasteiger partial charge in [-0.15, -0.1) is 0 Å². The van der Waals surface area contributed by atoms with Crippen LogP contribution in [-0.4, -0.2) is 42.9 Å². The first kappa shape index (κ1) is 27.8. The van der Waals surface area contributed by atoms with E-state index >= 15 is 4.39 Å². The van der Waals surface area contributed by atoms with E-state index < -0.39 is 45.6 Å². The summed E-state index contributed by atoms with van der Waals surface area (Å²) in [7, 11) is -2.74. The molecule has 0 saturated carbocycles. The number of rotatable bonds is 8. The number of fused-ring (bicyclic) bond motifs is 1. The summed E-state index contributed by atoms with van der Waals surface area (Å²) in [5.74, 6) is -2.40. The highest BCUT2D eigenvalue weighted by molar-refractivity contribution is 7.92. The molecule has 0 fully saturated rings. The molecule has 0 radical (unpaired) electrons. The number of nitrogens with zero attached hydrogens (tertiary/aromatic N) is 3. The van der Waals surface area contributed by atoms with Crippen LogP contribution >= 0.6 is 0 Å². The van der Waals surface area contributed by atoms with Crippen molar-refractivity contribution in [2.45, 2.75) is 12.6 Å². The summed E-state index contributed by atoms with van der Waals surface area (Å²) in [6.45, 7) is -0.849. The number of pyridine rings is 1. The molecular weight excluding hydrogens is 547 g/mol. The van der Waals surface area contributed by atoms with Crippen LogP contribution < -0.4 is 20.9 Å². The molecule has 206 valence electrons. The number of nitrogen functional groups attached to an aromatic ring is 2. The number of alkyl halides is 4. The van der Waals surface area contributed by atoms with Crippen LogP contribution in [0.3, 0.4) is 0 Å². The van der Waals surface area contributed by atoms with Gasteiger partial charge < -0.3 is 16.2 Å². The van der Waals surface area contributed by atoms with Gasteiger partial charge in [0.25, 0.3) is 0 Å². The molecule has 4 rings (SSSR count). The zero-order valence-electron chi connectivity index (χ0n) is 20.2. The normalized spacial score (nSPS) is 12.1. The van der Waals surface area contributed by atoms with Crippen molar-refractivity contribution in [3.63, 3.8) is 0 Å². The average Bonchev–Trinajstić information content (AvgIpc) is 2.87. The summed E-state index contributed by atoms with van der Waals surface area (Å²) < 4.78 is 101. The van der Waals surface area contributed by atoms with E-state index in [-0.39, 0.29) is 57.3 Å². The molecule has 0 aliphatic carbocycles. The number of methoxy groups -OCH3 is 1. The molecule has 0 aliphatic rings. The number of anilines is 3. The lowest BCUT2D eigenvalue weighted by Crippen LogP contribution is -2.18. The largest absolute Gasteiger partial charge is 0.494 e. The molecular formula is C24H21F5N6O3S. The Kier molecular flexibility index (Phi) is 7.46. The van der Waals surface area contributed by atoms with E-state index in [0.717, 1.165) is 6.20 Å². The van der Waals surface area contributed by atoms with Gasteiger partial charge in [-0.3, -0.25) is 9.11 Å². The van der Waals surface area contributed by atoms with Crippen LogP contribution in [0, 0.1) is 5.82 Å². The van der Waals surface area contributed by atoms with Gasteiger partial charge in [-0.1, -0.05) is 12.1 Å². The molecule has 39 heavy (non-hydrogen) atoms. The highest BCUT2D eigenvalue weighted by Gasteiger charge is 2.35. The van der Waals surface area contributed by atoms with E-state index in [1.807, 2.05) is 0 Å². The number of hydrogen-bond acceptors (Lipinski definition) is 8. The Morgan fingerprint density at radius 3 is 2.49 bits per heavy atom. The second-order valence-electron chi connectivity index (χ2n) is 8.29.